The summed E-state index contributed by atoms with van der Waals surface area (Å²) in [6.07, 6.45) is 1.43. The molecule has 0 aliphatic carbocycles. The van der Waals surface area contributed by atoms with Gasteiger partial charge in [-0.25, -0.2) is 15.0 Å². The molecule has 25 heavy (non-hydrogen) atoms. The van der Waals surface area contributed by atoms with Crippen LogP contribution in [-0.4, -0.2) is 19.8 Å². The van der Waals surface area contributed by atoms with Crippen molar-refractivity contribution in [3.63, 3.8) is 0 Å². The van der Waals surface area contributed by atoms with Gasteiger partial charge in [-0.1, -0.05) is 23.2 Å². The molecule has 2 amide bonds. The predicted molar refractivity (Wildman–Crippen MR) is 96.8 cm³/mol. The number of halogens is 2. The summed E-state index contributed by atoms with van der Waals surface area (Å²) in [6, 6.07) is 3.89. The topological polar surface area (TPSA) is 104 Å². The van der Waals surface area contributed by atoms with Crippen LogP contribution in [0.1, 0.15) is 0 Å². The largest absolute Gasteiger partial charge is 0.350 e. The van der Waals surface area contributed by atoms with Crippen LogP contribution in [0.15, 0.2) is 34.0 Å². The van der Waals surface area contributed by atoms with Crippen molar-refractivity contribution in [1.82, 2.24) is 13.8 Å². The van der Waals surface area contributed by atoms with Crippen LogP contribution in [-0.2, 0) is 14.1 Å². The molecule has 0 spiro atoms. The lowest BCUT2D eigenvalue weighted by atomic mass is 10.1. The molecule has 3 aromatic rings. The first-order chi connectivity index (χ1) is 11.7. The number of carbonyl (C=O) groups is 1. The minimum atomic E-state index is -0.839. The number of benzene rings is 1. The number of primary amides is 1. The van der Waals surface area contributed by atoms with Crippen molar-refractivity contribution in [3.05, 3.63) is 55.3 Å². The van der Waals surface area contributed by atoms with Crippen molar-refractivity contribution in [1.29, 1.82) is 0 Å². The first kappa shape index (κ1) is 17.1. The number of rotatable bonds is 2. The number of urea groups is 1. The van der Waals surface area contributed by atoms with Crippen LogP contribution in [0.3, 0.4) is 0 Å². The van der Waals surface area contributed by atoms with Crippen LogP contribution < -0.4 is 22.4 Å². The second-order valence-electron chi connectivity index (χ2n) is 5.41. The van der Waals surface area contributed by atoms with Crippen LogP contribution in [0.25, 0.3) is 22.2 Å². The summed E-state index contributed by atoms with van der Waals surface area (Å²) in [4.78, 5) is 36.2. The SMILES string of the molecule is Cn1c(=O)c2c(-c3ccc(Cl)cc3Cl)n(NC(N)=O)cc2n(C)c1=O. The molecular weight excluding hydrogens is 369 g/mol. The lowest BCUT2D eigenvalue weighted by Gasteiger charge is -2.11. The quantitative estimate of drug-likeness (QED) is 0.704. The maximum atomic E-state index is 12.7. The van der Waals surface area contributed by atoms with E-state index >= 15 is 0 Å². The van der Waals surface area contributed by atoms with Gasteiger partial charge in [0.2, 0.25) is 0 Å². The summed E-state index contributed by atoms with van der Waals surface area (Å²) < 4.78 is 3.54. The van der Waals surface area contributed by atoms with E-state index < -0.39 is 17.3 Å². The van der Waals surface area contributed by atoms with Crippen LogP contribution in [0.4, 0.5) is 4.79 Å². The summed E-state index contributed by atoms with van der Waals surface area (Å²) in [5, 5.41) is 0.901. The van der Waals surface area contributed by atoms with E-state index in [0.29, 0.717) is 21.8 Å². The molecule has 0 aliphatic heterocycles. The average molecular weight is 382 g/mol. The summed E-state index contributed by atoms with van der Waals surface area (Å²) in [6.45, 7) is 0. The molecule has 0 unspecified atom stereocenters. The van der Waals surface area contributed by atoms with Crippen molar-refractivity contribution >= 4 is 40.1 Å². The van der Waals surface area contributed by atoms with Gasteiger partial charge in [-0.3, -0.25) is 18.6 Å². The van der Waals surface area contributed by atoms with Gasteiger partial charge in [-0.15, -0.1) is 0 Å². The van der Waals surface area contributed by atoms with E-state index in [1.54, 1.807) is 12.1 Å². The Bertz CT molecular complexity index is 1140. The highest BCUT2D eigenvalue weighted by Crippen LogP contribution is 2.34. The minimum absolute atomic E-state index is 0.211. The fraction of sp³-hybridized carbons (Fsp3) is 0.133. The number of hydrogen-bond acceptors (Lipinski definition) is 3. The van der Waals surface area contributed by atoms with Gasteiger partial charge in [0.1, 0.15) is 0 Å². The summed E-state index contributed by atoms with van der Waals surface area (Å²) in [5.41, 5.74) is 7.66. The zero-order chi connectivity index (χ0) is 18.5. The Morgan fingerprint density at radius 2 is 1.84 bits per heavy atom. The molecule has 3 N–H and O–H groups in total. The molecule has 130 valence electrons. The Morgan fingerprint density at radius 3 is 2.44 bits per heavy atom. The summed E-state index contributed by atoms with van der Waals surface area (Å²) >= 11 is 12.2. The maximum Gasteiger partial charge on any atom is 0.331 e. The lowest BCUT2D eigenvalue weighted by Crippen LogP contribution is -2.36. The van der Waals surface area contributed by atoms with Gasteiger partial charge in [0.05, 0.1) is 27.8 Å². The third-order valence-electron chi connectivity index (χ3n) is 3.86. The monoisotopic (exact) mass is 381 g/mol. The van der Waals surface area contributed by atoms with Gasteiger partial charge in [0, 0.05) is 24.7 Å². The van der Waals surface area contributed by atoms with Crippen molar-refractivity contribution < 1.29 is 4.79 Å². The number of amides is 2. The summed E-state index contributed by atoms with van der Waals surface area (Å²) in [7, 11) is 2.89. The highest BCUT2D eigenvalue weighted by atomic mass is 35.5. The van der Waals surface area contributed by atoms with E-state index in [2.05, 4.69) is 5.43 Å². The summed E-state index contributed by atoms with van der Waals surface area (Å²) in [5.74, 6) is 0. The van der Waals surface area contributed by atoms with Crippen molar-refractivity contribution in [2.24, 2.45) is 19.8 Å². The van der Waals surface area contributed by atoms with E-state index in [-0.39, 0.29) is 10.4 Å². The fourth-order valence-corrected chi connectivity index (χ4v) is 3.19. The number of nitrogens with two attached hydrogens (primary N) is 1. The molecule has 0 fully saturated rings. The van der Waals surface area contributed by atoms with Crippen molar-refractivity contribution in [3.8, 4) is 11.3 Å². The van der Waals surface area contributed by atoms with Gasteiger partial charge in [0.25, 0.3) is 5.56 Å². The number of aryl methyl sites for hydroxylation is 1. The Labute approximate surface area is 150 Å². The molecule has 3 rings (SSSR count). The van der Waals surface area contributed by atoms with Gasteiger partial charge < -0.3 is 5.73 Å². The van der Waals surface area contributed by atoms with E-state index in [0.717, 1.165) is 4.57 Å². The van der Waals surface area contributed by atoms with Gasteiger partial charge in [-0.05, 0) is 18.2 Å². The molecule has 0 atom stereocenters. The number of hydrogen-bond donors (Lipinski definition) is 2. The Morgan fingerprint density at radius 1 is 1.16 bits per heavy atom. The number of carbonyl (C=O) groups excluding carboxylic acids is 1. The normalized spacial score (nSPS) is 11.0. The van der Waals surface area contributed by atoms with E-state index in [1.807, 2.05) is 0 Å². The highest BCUT2D eigenvalue weighted by Gasteiger charge is 2.21. The Hall–Kier alpha value is -2.71. The first-order valence-electron chi connectivity index (χ1n) is 7.05. The lowest BCUT2D eigenvalue weighted by molar-refractivity contribution is 0.257. The van der Waals surface area contributed by atoms with Crippen LogP contribution in [0, 0.1) is 0 Å². The number of nitrogens with zero attached hydrogens (tertiary/aromatic N) is 3. The average Bonchev–Trinajstić information content (AvgIpc) is 2.89. The minimum Gasteiger partial charge on any atom is -0.350 e. The molecule has 0 bridgehead atoms. The maximum absolute atomic E-state index is 12.7. The molecule has 0 saturated carbocycles. The smallest absolute Gasteiger partial charge is 0.331 e. The van der Waals surface area contributed by atoms with Crippen LogP contribution in [0.5, 0.6) is 0 Å². The Balaban J connectivity index is 2.53. The number of aromatic nitrogens is 3. The molecule has 2 heterocycles. The van der Waals surface area contributed by atoms with E-state index in [9.17, 15) is 14.4 Å². The first-order valence-corrected chi connectivity index (χ1v) is 7.81. The molecule has 0 saturated heterocycles. The van der Waals surface area contributed by atoms with Crippen molar-refractivity contribution in [2.75, 3.05) is 5.43 Å². The van der Waals surface area contributed by atoms with Crippen molar-refractivity contribution in [2.45, 2.75) is 0 Å². The third kappa shape index (κ3) is 2.69. The highest BCUT2D eigenvalue weighted by molar-refractivity contribution is 6.36. The molecule has 0 aliphatic rings. The predicted octanol–water partition coefficient (Wildman–Crippen LogP) is 1.63. The zero-order valence-corrected chi connectivity index (χ0v) is 14.7. The number of nitrogens with one attached hydrogen (secondary N) is 1. The zero-order valence-electron chi connectivity index (χ0n) is 13.2. The second-order valence-corrected chi connectivity index (χ2v) is 6.26. The van der Waals surface area contributed by atoms with E-state index in [4.69, 9.17) is 28.9 Å². The van der Waals surface area contributed by atoms with Crippen LogP contribution >= 0.6 is 23.2 Å². The van der Waals surface area contributed by atoms with Gasteiger partial charge in [0.15, 0.2) is 0 Å². The molecular formula is C15H13Cl2N5O3. The molecule has 10 heteroatoms. The molecule has 2 aromatic heterocycles. The standard InChI is InChI=1S/C15H13Cl2N5O3/c1-20-10-6-22(19-14(18)24)12(8-4-3-7(16)5-9(8)17)11(10)13(23)21(2)15(20)25/h3-6H,1-2H3,(H3,18,19,24). The molecule has 1 aromatic carbocycles. The van der Waals surface area contributed by atoms with Gasteiger partial charge in [-0.2, -0.15) is 0 Å². The molecule has 0 radical (unpaired) electrons. The second kappa shape index (κ2) is 5.98. The fourth-order valence-electron chi connectivity index (χ4n) is 2.69. The third-order valence-corrected chi connectivity index (χ3v) is 4.40. The van der Waals surface area contributed by atoms with Crippen LogP contribution in [0.2, 0.25) is 10.0 Å². The van der Waals surface area contributed by atoms with Gasteiger partial charge >= 0.3 is 11.7 Å². The Kier molecular flexibility index (Phi) is 4.09. The van der Waals surface area contributed by atoms with E-state index in [1.165, 1.54) is 35.6 Å². The molecule has 8 nitrogen and oxygen atoms in total. The number of fused-ring (bicyclic) bond motifs is 1.